The summed E-state index contributed by atoms with van der Waals surface area (Å²) in [5.41, 5.74) is 5.46. The minimum Gasteiger partial charge on any atom is -0.391 e. The molecule has 0 aliphatic carbocycles. The monoisotopic (exact) mass is 238 g/mol. The second-order valence-electron chi connectivity index (χ2n) is 4.24. The standard InChI is InChI=1S/C11H18N4O2/c1-2-8-7(3-4-17-8)5-13-10-9(12)11(16)15-6-14-10/h6-8H,2-5,12H2,1H3,(H2,13,14,15,16). The summed E-state index contributed by atoms with van der Waals surface area (Å²) in [5, 5.41) is 3.12. The van der Waals surface area contributed by atoms with Crippen molar-refractivity contribution < 1.29 is 4.74 Å². The van der Waals surface area contributed by atoms with Gasteiger partial charge in [0.25, 0.3) is 5.56 Å². The summed E-state index contributed by atoms with van der Waals surface area (Å²) in [5.74, 6) is 0.913. The van der Waals surface area contributed by atoms with Gasteiger partial charge in [0.2, 0.25) is 0 Å². The maximum Gasteiger partial charge on any atom is 0.276 e. The zero-order chi connectivity index (χ0) is 12.3. The Morgan fingerprint density at radius 3 is 3.29 bits per heavy atom. The summed E-state index contributed by atoms with van der Waals surface area (Å²) in [4.78, 5) is 17.7. The van der Waals surface area contributed by atoms with Crippen LogP contribution in [0.5, 0.6) is 0 Å². The normalized spacial score (nSPS) is 23.8. The van der Waals surface area contributed by atoms with E-state index in [0.717, 1.165) is 26.0 Å². The number of nitrogens with one attached hydrogen (secondary N) is 2. The second kappa shape index (κ2) is 5.18. The first-order chi connectivity index (χ1) is 8.22. The molecule has 6 heteroatoms. The average molecular weight is 238 g/mol. The topological polar surface area (TPSA) is 93.0 Å². The fraction of sp³-hybridized carbons (Fsp3) is 0.636. The van der Waals surface area contributed by atoms with Crippen LogP contribution in [-0.4, -0.2) is 29.2 Å². The fourth-order valence-corrected chi connectivity index (χ4v) is 2.16. The van der Waals surface area contributed by atoms with Crippen molar-refractivity contribution in [3.8, 4) is 0 Å². The van der Waals surface area contributed by atoms with Crippen molar-refractivity contribution in [2.45, 2.75) is 25.9 Å². The lowest BCUT2D eigenvalue weighted by molar-refractivity contribution is 0.0900. The van der Waals surface area contributed by atoms with Crippen LogP contribution in [0, 0.1) is 5.92 Å². The Kier molecular flexibility index (Phi) is 3.63. The van der Waals surface area contributed by atoms with Gasteiger partial charge in [0.05, 0.1) is 12.4 Å². The van der Waals surface area contributed by atoms with E-state index >= 15 is 0 Å². The highest BCUT2D eigenvalue weighted by Gasteiger charge is 2.26. The molecule has 1 aliphatic heterocycles. The minimum absolute atomic E-state index is 0.138. The lowest BCUT2D eigenvalue weighted by atomic mass is 10.00. The van der Waals surface area contributed by atoms with Gasteiger partial charge in [-0.05, 0) is 12.8 Å². The molecule has 0 spiro atoms. The summed E-state index contributed by atoms with van der Waals surface area (Å²) in [6, 6.07) is 0. The molecule has 0 radical (unpaired) electrons. The number of hydrogen-bond donors (Lipinski definition) is 3. The van der Waals surface area contributed by atoms with Gasteiger partial charge < -0.3 is 20.8 Å². The van der Waals surface area contributed by atoms with Gasteiger partial charge >= 0.3 is 0 Å². The Morgan fingerprint density at radius 1 is 1.71 bits per heavy atom. The van der Waals surface area contributed by atoms with Crippen molar-refractivity contribution in [3.05, 3.63) is 16.7 Å². The van der Waals surface area contributed by atoms with Gasteiger partial charge in [-0.25, -0.2) is 4.98 Å². The number of aromatic nitrogens is 2. The van der Waals surface area contributed by atoms with E-state index in [-0.39, 0.29) is 11.2 Å². The van der Waals surface area contributed by atoms with E-state index < -0.39 is 0 Å². The third-order valence-electron chi connectivity index (χ3n) is 3.17. The SMILES string of the molecule is CCC1OCCC1CNc1nc[nH]c(=O)c1N. The molecule has 2 heterocycles. The lowest BCUT2D eigenvalue weighted by Gasteiger charge is -2.17. The van der Waals surface area contributed by atoms with Crippen molar-refractivity contribution in [2.24, 2.45) is 5.92 Å². The number of aromatic amines is 1. The van der Waals surface area contributed by atoms with E-state index in [1.165, 1.54) is 6.33 Å². The summed E-state index contributed by atoms with van der Waals surface area (Å²) in [6.07, 6.45) is 3.69. The van der Waals surface area contributed by atoms with Crippen LogP contribution in [0.15, 0.2) is 11.1 Å². The first-order valence-electron chi connectivity index (χ1n) is 5.91. The zero-order valence-corrected chi connectivity index (χ0v) is 9.90. The number of H-pyrrole nitrogens is 1. The fourth-order valence-electron chi connectivity index (χ4n) is 2.16. The number of ether oxygens (including phenoxy) is 1. The maximum atomic E-state index is 11.3. The number of nitrogens with two attached hydrogens (primary N) is 1. The summed E-state index contributed by atoms with van der Waals surface area (Å²) < 4.78 is 5.60. The van der Waals surface area contributed by atoms with Crippen LogP contribution >= 0.6 is 0 Å². The molecular formula is C11H18N4O2. The molecule has 2 rings (SSSR count). The minimum atomic E-state index is -0.308. The number of nitrogens with zero attached hydrogens (tertiary/aromatic N) is 1. The Bertz CT molecular complexity index is 432. The first-order valence-corrected chi connectivity index (χ1v) is 5.91. The Balaban J connectivity index is 1.98. The Labute approximate surface area is 99.6 Å². The first kappa shape index (κ1) is 11.9. The number of anilines is 2. The van der Waals surface area contributed by atoms with E-state index in [1.807, 2.05) is 0 Å². The highest BCUT2D eigenvalue weighted by molar-refractivity contribution is 5.58. The molecule has 1 aliphatic rings. The molecule has 0 aromatic carbocycles. The molecule has 94 valence electrons. The smallest absolute Gasteiger partial charge is 0.276 e. The third kappa shape index (κ3) is 2.58. The van der Waals surface area contributed by atoms with Crippen LogP contribution in [-0.2, 0) is 4.74 Å². The summed E-state index contributed by atoms with van der Waals surface area (Å²) in [7, 11) is 0. The predicted molar refractivity (Wildman–Crippen MR) is 65.9 cm³/mol. The van der Waals surface area contributed by atoms with E-state index in [9.17, 15) is 4.79 Å². The molecular weight excluding hydrogens is 220 g/mol. The lowest BCUT2D eigenvalue weighted by Crippen LogP contribution is -2.24. The van der Waals surface area contributed by atoms with Gasteiger partial charge in [0, 0.05) is 19.1 Å². The highest BCUT2D eigenvalue weighted by atomic mass is 16.5. The Hall–Kier alpha value is -1.56. The van der Waals surface area contributed by atoms with Crippen LogP contribution in [0.1, 0.15) is 19.8 Å². The second-order valence-corrected chi connectivity index (χ2v) is 4.24. The Morgan fingerprint density at radius 2 is 2.53 bits per heavy atom. The number of rotatable bonds is 4. The van der Waals surface area contributed by atoms with Crippen molar-refractivity contribution in [1.82, 2.24) is 9.97 Å². The van der Waals surface area contributed by atoms with Crippen molar-refractivity contribution >= 4 is 11.5 Å². The quantitative estimate of drug-likeness (QED) is 0.713. The third-order valence-corrected chi connectivity index (χ3v) is 3.17. The maximum absolute atomic E-state index is 11.3. The molecule has 2 unspecified atom stereocenters. The molecule has 17 heavy (non-hydrogen) atoms. The van der Waals surface area contributed by atoms with Gasteiger partial charge in [-0.15, -0.1) is 0 Å². The summed E-state index contributed by atoms with van der Waals surface area (Å²) in [6.45, 7) is 3.66. The molecule has 2 atom stereocenters. The van der Waals surface area contributed by atoms with Gasteiger partial charge in [-0.1, -0.05) is 6.92 Å². The van der Waals surface area contributed by atoms with Crippen LogP contribution in [0.3, 0.4) is 0 Å². The van der Waals surface area contributed by atoms with Crippen molar-refractivity contribution in [3.63, 3.8) is 0 Å². The van der Waals surface area contributed by atoms with Crippen LogP contribution in [0.2, 0.25) is 0 Å². The van der Waals surface area contributed by atoms with Gasteiger partial charge in [-0.3, -0.25) is 4.79 Å². The van der Waals surface area contributed by atoms with Gasteiger partial charge in [0.15, 0.2) is 5.82 Å². The van der Waals surface area contributed by atoms with E-state index in [0.29, 0.717) is 17.8 Å². The predicted octanol–water partition coefficient (Wildman–Crippen LogP) is 0.579. The molecule has 4 N–H and O–H groups in total. The van der Waals surface area contributed by atoms with E-state index in [4.69, 9.17) is 10.5 Å². The van der Waals surface area contributed by atoms with E-state index in [2.05, 4.69) is 22.2 Å². The average Bonchev–Trinajstić information content (AvgIpc) is 2.78. The van der Waals surface area contributed by atoms with Crippen LogP contribution in [0.4, 0.5) is 11.5 Å². The number of nitrogen functional groups attached to an aromatic ring is 1. The van der Waals surface area contributed by atoms with Crippen molar-refractivity contribution in [1.29, 1.82) is 0 Å². The molecule has 1 saturated heterocycles. The van der Waals surface area contributed by atoms with Gasteiger partial charge in [-0.2, -0.15) is 0 Å². The zero-order valence-electron chi connectivity index (χ0n) is 9.90. The molecule has 0 saturated carbocycles. The van der Waals surface area contributed by atoms with Crippen molar-refractivity contribution in [2.75, 3.05) is 24.2 Å². The molecule has 0 amide bonds. The molecule has 6 nitrogen and oxygen atoms in total. The molecule has 1 aromatic rings. The van der Waals surface area contributed by atoms with Crippen LogP contribution in [0.25, 0.3) is 0 Å². The molecule has 0 bridgehead atoms. The van der Waals surface area contributed by atoms with Crippen LogP contribution < -0.4 is 16.6 Å². The van der Waals surface area contributed by atoms with Gasteiger partial charge in [0.1, 0.15) is 5.69 Å². The molecule has 1 aromatic heterocycles. The summed E-state index contributed by atoms with van der Waals surface area (Å²) >= 11 is 0. The largest absolute Gasteiger partial charge is 0.391 e. The molecule has 1 fully saturated rings. The van der Waals surface area contributed by atoms with E-state index in [1.54, 1.807) is 0 Å². The highest BCUT2D eigenvalue weighted by Crippen LogP contribution is 2.23. The number of hydrogen-bond acceptors (Lipinski definition) is 5.